The van der Waals surface area contributed by atoms with Crippen LogP contribution >= 0.6 is 0 Å². The topological polar surface area (TPSA) is 43.0 Å². The lowest BCUT2D eigenvalue weighted by atomic mass is 10.0. The molecule has 0 spiro atoms. The van der Waals surface area contributed by atoms with Gasteiger partial charge in [-0.2, -0.15) is 5.10 Å². The average molecular weight is 275 g/mol. The Labute approximate surface area is 121 Å². The maximum Gasteiger partial charge on any atom is 0.101 e. The van der Waals surface area contributed by atoms with Gasteiger partial charge in [-0.1, -0.05) is 6.92 Å². The Morgan fingerprint density at radius 2 is 2.20 bits per heavy atom. The van der Waals surface area contributed by atoms with Gasteiger partial charge in [0.2, 0.25) is 0 Å². The summed E-state index contributed by atoms with van der Waals surface area (Å²) in [5.41, 5.74) is 2.32. The second kappa shape index (κ2) is 6.75. The van der Waals surface area contributed by atoms with E-state index in [2.05, 4.69) is 49.5 Å². The summed E-state index contributed by atoms with van der Waals surface area (Å²) in [6.45, 7) is 9.44. The Morgan fingerprint density at radius 1 is 1.40 bits per heavy atom. The van der Waals surface area contributed by atoms with Crippen LogP contribution in [-0.4, -0.2) is 16.3 Å². The molecule has 0 aliphatic heterocycles. The van der Waals surface area contributed by atoms with Crippen LogP contribution in [0.25, 0.3) is 0 Å². The summed E-state index contributed by atoms with van der Waals surface area (Å²) in [5, 5.41) is 8.21. The zero-order valence-corrected chi connectivity index (χ0v) is 12.9. The molecule has 20 heavy (non-hydrogen) atoms. The summed E-state index contributed by atoms with van der Waals surface area (Å²) in [6, 6.07) is 4.88. The van der Waals surface area contributed by atoms with Gasteiger partial charge in [-0.15, -0.1) is 0 Å². The fourth-order valence-electron chi connectivity index (χ4n) is 2.26. The third-order valence-electron chi connectivity index (χ3n) is 3.40. The molecule has 0 amide bonds. The number of aromatic nitrogens is 2. The van der Waals surface area contributed by atoms with Gasteiger partial charge in [-0.05, 0) is 45.9 Å². The van der Waals surface area contributed by atoms with Crippen LogP contribution in [0.3, 0.4) is 0 Å². The first-order valence-electron chi connectivity index (χ1n) is 7.42. The van der Waals surface area contributed by atoms with Crippen LogP contribution in [0.2, 0.25) is 0 Å². The van der Waals surface area contributed by atoms with Gasteiger partial charge in [0, 0.05) is 30.3 Å². The van der Waals surface area contributed by atoms with E-state index < -0.39 is 0 Å². The van der Waals surface area contributed by atoms with E-state index >= 15 is 0 Å². The van der Waals surface area contributed by atoms with Crippen LogP contribution in [0, 0.1) is 6.92 Å². The first-order chi connectivity index (χ1) is 9.60. The monoisotopic (exact) mass is 275 g/mol. The summed E-state index contributed by atoms with van der Waals surface area (Å²) in [5.74, 6) is 0.955. The summed E-state index contributed by atoms with van der Waals surface area (Å²) < 4.78 is 7.45. The molecule has 0 saturated carbocycles. The van der Waals surface area contributed by atoms with Crippen LogP contribution in [0.5, 0.6) is 0 Å². The van der Waals surface area contributed by atoms with Crippen LogP contribution in [0.15, 0.2) is 29.0 Å². The molecule has 2 aromatic rings. The van der Waals surface area contributed by atoms with Crippen molar-refractivity contribution in [2.75, 3.05) is 6.54 Å². The Bertz CT molecular complexity index is 527. The molecule has 0 bridgehead atoms. The summed E-state index contributed by atoms with van der Waals surface area (Å²) in [6.07, 6.45) is 5.91. The SMILES string of the molecule is CCCNC(Cc1ccn(C(C)C)n1)c1coc(C)c1. The third-order valence-corrected chi connectivity index (χ3v) is 3.40. The minimum absolute atomic E-state index is 0.267. The van der Waals surface area contributed by atoms with Crippen LogP contribution < -0.4 is 5.32 Å². The van der Waals surface area contributed by atoms with E-state index in [4.69, 9.17) is 4.42 Å². The highest BCUT2D eigenvalue weighted by atomic mass is 16.3. The lowest BCUT2D eigenvalue weighted by Crippen LogP contribution is -2.24. The molecule has 0 saturated heterocycles. The normalized spacial score (nSPS) is 13.1. The smallest absolute Gasteiger partial charge is 0.101 e. The maximum absolute atomic E-state index is 5.44. The lowest BCUT2D eigenvalue weighted by Gasteiger charge is -2.16. The highest BCUT2D eigenvalue weighted by Gasteiger charge is 2.15. The Kier molecular flexibility index (Phi) is 5.01. The second-order valence-corrected chi connectivity index (χ2v) is 5.58. The van der Waals surface area contributed by atoms with Crippen LogP contribution in [0.1, 0.15) is 56.3 Å². The molecular formula is C16H25N3O. The molecular weight excluding hydrogens is 250 g/mol. The number of hydrogen-bond acceptors (Lipinski definition) is 3. The van der Waals surface area contributed by atoms with Gasteiger partial charge in [0.05, 0.1) is 12.0 Å². The molecule has 1 unspecified atom stereocenters. The zero-order chi connectivity index (χ0) is 14.5. The van der Waals surface area contributed by atoms with Gasteiger partial charge in [0.25, 0.3) is 0 Å². The van der Waals surface area contributed by atoms with E-state index in [9.17, 15) is 0 Å². The number of hydrogen-bond donors (Lipinski definition) is 1. The predicted octanol–water partition coefficient (Wildman–Crippen LogP) is 3.65. The van der Waals surface area contributed by atoms with Crippen molar-refractivity contribution in [3.05, 3.63) is 41.6 Å². The molecule has 0 radical (unpaired) electrons. The zero-order valence-electron chi connectivity index (χ0n) is 12.9. The van der Waals surface area contributed by atoms with Gasteiger partial charge in [-0.25, -0.2) is 0 Å². The van der Waals surface area contributed by atoms with Gasteiger partial charge in [-0.3, -0.25) is 4.68 Å². The van der Waals surface area contributed by atoms with Crippen molar-refractivity contribution in [2.24, 2.45) is 0 Å². The first kappa shape index (κ1) is 14.9. The number of nitrogens with one attached hydrogen (secondary N) is 1. The van der Waals surface area contributed by atoms with E-state index in [0.717, 1.165) is 30.8 Å². The molecule has 2 heterocycles. The summed E-state index contributed by atoms with van der Waals surface area (Å²) >= 11 is 0. The summed E-state index contributed by atoms with van der Waals surface area (Å²) in [4.78, 5) is 0. The maximum atomic E-state index is 5.44. The number of aryl methyl sites for hydroxylation is 1. The van der Waals surface area contributed by atoms with Gasteiger partial charge >= 0.3 is 0 Å². The van der Waals surface area contributed by atoms with Crippen molar-refractivity contribution < 1.29 is 4.42 Å². The van der Waals surface area contributed by atoms with E-state index in [0.29, 0.717) is 6.04 Å². The van der Waals surface area contributed by atoms with E-state index in [1.54, 1.807) is 0 Å². The van der Waals surface area contributed by atoms with Crippen molar-refractivity contribution >= 4 is 0 Å². The van der Waals surface area contributed by atoms with E-state index in [1.807, 2.05) is 17.9 Å². The van der Waals surface area contributed by atoms with Crippen molar-refractivity contribution in [2.45, 2.75) is 52.6 Å². The van der Waals surface area contributed by atoms with Gasteiger partial charge in [0.1, 0.15) is 5.76 Å². The fraction of sp³-hybridized carbons (Fsp3) is 0.562. The molecule has 0 fully saturated rings. The lowest BCUT2D eigenvalue weighted by molar-refractivity contribution is 0.489. The largest absolute Gasteiger partial charge is 0.469 e. The number of nitrogens with zero attached hydrogens (tertiary/aromatic N) is 2. The quantitative estimate of drug-likeness (QED) is 0.838. The first-order valence-corrected chi connectivity index (χ1v) is 7.42. The van der Waals surface area contributed by atoms with Crippen LogP contribution in [-0.2, 0) is 6.42 Å². The Hall–Kier alpha value is -1.55. The third kappa shape index (κ3) is 3.73. The molecule has 1 N–H and O–H groups in total. The van der Waals surface area contributed by atoms with E-state index in [1.165, 1.54) is 5.56 Å². The Balaban J connectivity index is 2.10. The van der Waals surface area contributed by atoms with E-state index in [-0.39, 0.29) is 6.04 Å². The van der Waals surface area contributed by atoms with Crippen molar-refractivity contribution in [1.82, 2.24) is 15.1 Å². The standard InChI is InChI=1S/C16H25N3O/c1-5-7-17-16(14-9-13(4)20-11-14)10-15-6-8-19(18-15)12(2)3/h6,8-9,11-12,16-17H,5,7,10H2,1-4H3. The molecule has 110 valence electrons. The molecule has 2 aromatic heterocycles. The van der Waals surface area contributed by atoms with Crippen molar-refractivity contribution in [3.63, 3.8) is 0 Å². The molecule has 0 aliphatic carbocycles. The van der Waals surface area contributed by atoms with Crippen molar-refractivity contribution in [3.8, 4) is 0 Å². The summed E-state index contributed by atoms with van der Waals surface area (Å²) in [7, 11) is 0. The molecule has 2 rings (SSSR count). The minimum Gasteiger partial charge on any atom is -0.469 e. The second-order valence-electron chi connectivity index (χ2n) is 5.58. The van der Waals surface area contributed by atoms with Gasteiger partial charge < -0.3 is 9.73 Å². The highest BCUT2D eigenvalue weighted by Crippen LogP contribution is 2.20. The minimum atomic E-state index is 0.267. The molecule has 0 aliphatic rings. The number of rotatable bonds is 7. The Morgan fingerprint density at radius 3 is 2.75 bits per heavy atom. The fourth-order valence-corrected chi connectivity index (χ4v) is 2.26. The molecule has 1 atom stereocenters. The molecule has 4 nitrogen and oxygen atoms in total. The van der Waals surface area contributed by atoms with Crippen molar-refractivity contribution in [1.29, 1.82) is 0 Å². The number of furan rings is 1. The average Bonchev–Trinajstić information content (AvgIpc) is 3.03. The predicted molar refractivity (Wildman–Crippen MR) is 80.8 cm³/mol. The van der Waals surface area contributed by atoms with Gasteiger partial charge in [0.15, 0.2) is 0 Å². The van der Waals surface area contributed by atoms with Crippen LogP contribution in [0.4, 0.5) is 0 Å². The molecule has 0 aromatic carbocycles. The highest BCUT2D eigenvalue weighted by molar-refractivity contribution is 5.19. The molecule has 4 heteroatoms.